The van der Waals surface area contributed by atoms with E-state index in [-0.39, 0.29) is 0 Å². The van der Waals surface area contributed by atoms with Crippen LogP contribution in [0.3, 0.4) is 0 Å². The maximum atomic E-state index is 2.35. The average Bonchev–Trinajstić information content (AvgIpc) is 3.19. The van der Waals surface area contributed by atoms with Crippen LogP contribution in [0.2, 0.25) is 0 Å². The lowest BCUT2D eigenvalue weighted by atomic mass is 9.94. The number of rotatable bonds is 6. The summed E-state index contributed by atoms with van der Waals surface area (Å²) in [5, 5.41) is 7.69. The molecule has 0 N–H and O–H groups in total. The lowest BCUT2D eigenvalue weighted by molar-refractivity contribution is 1.28. The van der Waals surface area contributed by atoms with Gasteiger partial charge in [0.2, 0.25) is 0 Å². The monoisotopic (exact) mass is 623 g/mol. The zero-order valence-electron chi connectivity index (χ0n) is 27.0. The predicted octanol–water partition coefficient (Wildman–Crippen LogP) is 13.6. The van der Waals surface area contributed by atoms with Crippen LogP contribution < -0.4 is 4.90 Å². The molecule has 0 aliphatic heterocycles. The van der Waals surface area contributed by atoms with E-state index in [2.05, 4.69) is 205 Å². The van der Waals surface area contributed by atoms with E-state index in [0.29, 0.717) is 0 Å². The van der Waals surface area contributed by atoms with Gasteiger partial charge >= 0.3 is 0 Å². The minimum atomic E-state index is 1.11. The Labute approximate surface area is 287 Å². The van der Waals surface area contributed by atoms with Crippen LogP contribution in [0.25, 0.3) is 65.7 Å². The largest absolute Gasteiger partial charge is 0.311 e. The van der Waals surface area contributed by atoms with Crippen molar-refractivity contribution in [3.8, 4) is 33.4 Å². The van der Waals surface area contributed by atoms with Crippen LogP contribution in [0.1, 0.15) is 0 Å². The fourth-order valence-electron chi connectivity index (χ4n) is 7.11. The highest BCUT2D eigenvalue weighted by Crippen LogP contribution is 2.39. The second kappa shape index (κ2) is 12.3. The zero-order chi connectivity index (χ0) is 32.6. The lowest BCUT2D eigenvalue weighted by Gasteiger charge is -2.26. The Hall–Kier alpha value is -6.44. The molecule has 1 nitrogen and oxygen atoms in total. The first-order valence-corrected chi connectivity index (χ1v) is 16.8. The summed E-state index contributed by atoms with van der Waals surface area (Å²) in [6.45, 7) is 0. The second-order valence-electron chi connectivity index (χ2n) is 12.6. The maximum Gasteiger partial charge on any atom is 0.0462 e. The molecular formula is C48H33N. The van der Waals surface area contributed by atoms with Crippen LogP contribution in [-0.2, 0) is 0 Å². The van der Waals surface area contributed by atoms with Gasteiger partial charge in [0.25, 0.3) is 0 Å². The van der Waals surface area contributed by atoms with E-state index >= 15 is 0 Å². The molecule has 1 heteroatoms. The van der Waals surface area contributed by atoms with E-state index in [1.54, 1.807) is 0 Å². The summed E-state index contributed by atoms with van der Waals surface area (Å²) >= 11 is 0. The first-order valence-electron chi connectivity index (χ1n) is 16.8. The van der Waals surface area contributed by atoms with Crippen LogP contribution in [0.4, 0.5) is 17.1 Å². The standard InChI is InChI=1S/C48H33N/c1-3-9-34(10-4-1)36-17-25-42(26-18-36)49(43-27-19-37(20-28-43)35-11-5-2-6-12-35)44-29-21-38(22-30-44)41-16-15-40-24-31-46-45-14-8-7-13-39(45)23-32-47(46)48(40)33-41/h1-33H. The molecule has 230 valence electrons. The summed E-state index contributed by atoms with van der Waals surface area (Å²) in [7, 11) is 0. The third-order valence-corrected chi connectivity index (χ3v) is 9.67. The second-order valence-corrected chi connectivity index (χ2v) is 12.6. The van der Waals surface area contributed by atoms with Crippen molar-refractivity contribution >= 4 is 49.4 Å². The van der Waals surface area contributed by atoms with E-state index < -0.39 is 0 Å². The van der Waals surface area contributed by atoms with Gasteiger partial charge in [-0.2, -0.15) is 0 Å². The zero-order valence-corrected chi connectivity index (χ0v) is 27.0. The molecule has 9 aromatic rings. The van der Waals surface area contributed by atoms with Gasteiger partial charge in [0.05, 0.1) is 0 Å². The number of hydrogen-bond donors (Lipinski definition) is 0. The fourth-order valence-corrected chi connectivity index (χ4v) is 7.11. The van der Waals surface area contributed by atoms with E-state index in [9.17, 15) is 0 Å². The Kier molecular flexibility index (Phi) is 7.22. The van der Waals surface area contributed by atoms with Crippen LogP contribution in [-0.4, -0.2) is 0 Å². The number of hydrogen-bond acceptors (Lipinski definition) is 1. The molecule has 0 heterocycles. The van der Waals surface area contributed by atoms with E-state index in [0.717, 1.165) is 17.1 Å². The summed E-state index contributed by atoms with van der Waals surface area (Å²) in [4.78, 5) is 2.34. The van der Waals surface area contributed by atoms with Gasteiger partial charge < -0.3 is 4.90 Å². The molecular weight excluding hydrogens is 591 g/mol. The first kappa shape index (κ1) is 28.8. The molecule has 0 saturated carbocycles. The maximum absolute atomic E-state index is 2.35. The third-order valence-electron chi connectivity index (χ3n) is 9.67. The van der Waals surface area contributed by atoms with Crippen LogP contribution >= 0.6 is 0 Å². The Morgan fingerprint density at radius 2 is 0.592 bits per heavy atom. The fraction of sp³-hybridized carbons (Fsp3) is 0. The van der Waals surface area contributed by atoms with E-state index in [1.807, 2.05) is 0 Å². The van der Waals surface area contributed by atoms with Gasteiger partial charge in [-0.3, -0.25) is 0 Å². The number of nitrogens with zero attached hydrogens (tertiary/aromatic N) is 1. The molecule has 0 amide bonds. The van der Waals surface area contributed by atoms with Gasteiger partial charge in [-0.15, -0.1) is 0 Å². The molecule has 0 aliphatic carbocycles. The Balaban J connectivity index is 1.10. The SMILES string of the molecule is c1ccc(-c2ccc(N(c3ccc(-c4ccccc4)cc3)c3ccc(-c4ccc5ccc6c7ccccc7ccc6c5c4)cc3)cc2)cc1. The summed E-state index contributed by atoms with van der Waals surface area (Å²) in [6, 6.07) is 72.4. The van der Waals surface area contributed by atoms with Crippen molar-refractivity contribution < 1.29 is 0 Å². The Morgan fingerprint density at radius 1 is 0.224 bits per heavy atom. The van der Waals surface area contributed by atoms with Gasteiger partial charge in [0.15, 0.2) is 0 Å². The molecule has 0 aliphatic rings. The lowest BCUT2D eigenvalue weighted by Crippen LogP contribution is -2.09. The third kappa shape index (κ3) is 5.42. The molecule has 49 heavy (non-hydrogen) atoms. The highest BCUT2D eigenvalue weighted by molar-refractivity contribution is 6.17. The van der Waals surface area contributed by atoms with Gasteiger partial charge in [-0.1, -0.05) is 158 Å². The van der Waals surface area contributed by atoms with Gasteiger partial charge in [0.1, 0.15) is 0 Å². The van der Waals surface area contributed by atoms with Crippen molar-refractivity contribution in [1.82, 2.24) is 0 Å². The van der Waals surface area contributed by atoms with Crippen molar-refractivity contribution in [2.24, 2.45) is 0 Å². The molecule has 0 aromatic heterocycles. The molecule has 0 fully saturated rings. The highest BCUT2D eigenvalue weighted by Gasteiger charge is 2.14. The number of anilines is 3. The molecule has 0 radical (unpaired) electrons. The van der Waals surface area contributed by atoms with Crippen molar-refractivity contribution in [2.45, 2.75) is 0 Å². The topological polar surface area (TPSA) is 3.24 Å². The Morgan fingerprint density at radius 3 is 1.12 bits per heavy atom. The van der Waals surface area contributed by atoms with Gasteiger partial charge in [0, 0.05) is 17.1 Å². The molecule has 0 saturated heterocycles. The molecule has 9 rings (SSSR count). The van der Waals surface area contributed by atoms with Gasteiger partial charge in [-0.25, -0.2) is 0 Å². The molecule has 9 aromatic carbocycles. The van der Waals surface area contributed by atoms with Crippen LogP contribution in [0.15, 0.2) is 200 Å². The van der Waals surface area contributed by atoms with Crippen LogP contribution in [0, 0.1) is 0 Å². The summed E-state index contributed by atoms with van der Waals surface area (Å²) < 4.78 is 0. The van der Waals surface area contributed by atoms with Gasteiger partial charge in [-0.05, 0) is 108 Å². The first-order chi connectivity index (χ1) is 24.3. The van der Waals surface area contributed by atoms with E-state index in [4.69, 9.17) is 0 Å². The quantitative estimate of drug-likeness (QED) is 0.167. The minimum absolute atomic E-state index is 1.11. The van der Waals surface area contributed by atoms with Crippen molar-refractivity contribution in [1.29, 1.82) is 0 Å². The minimum Gasteiger partial charge on any atom is -0.311 e. The van der Waals surface area contributed by atoms with Crippen molar-refractivity contribution in [3.05, 3.63) is 200 Å². The number of benzene rings is 9. The highest BCUT2D eigenvalue weighted by atomic mass is 15.1. The molecule has 0 atom stereocenters. The smallest absolute Gasteiger partial charge is 0.0462 e. The average molecular weight is 624 g/mol. The normalized spacial score (nSPS) is 11.3. The molecule has 0 unspecified atom stereocenters. The van der Waals surface area contributed by atoms with E-state index in [1.165, 1.54) is 65.7 Å². The number of fused-ring (bicyclic) bond motifs is 5. The van der Waals surface area contributed by atoms with Crippen molar-refractivity contribution in [2.75, 3.05) is 4.90 Å². The van der Waals surface area contributed by atoms with Crippen LogP contribution in [0.5, 0.6) is 0 Å². The molecule has 0 bridgehead atoms. The summed E-state index contributed by atoms with van der Waals surface area (Å²) in [5.41, 5.74) is 10.6. The molecule has 0 spiro atoms. The summed E-state index contributed by atoms with van der Waals surface area (Å²) in [5.74, 6) is 0. The summed E-state index contributed by atoms with van der Waals surface area (Å²) in [6.07, 6.45) is 0. The Bertz CT molecular complexity index is 2470. The predicted molar refractivity (Wildman–Crippen MR) is 210 cm³/mol. The van der Waals surface area contributed by atoms with Crippen molar-refractivity contribution in [3.63, 3.8) is 0 Å².